The Kier molecular flexibility index (Phi) is 4.02. The summed E-state index contributed by atoms with van der Waals surface area (Å²) in [5.74, 6) is -19.7. The van der Waals surface area contributed by atoms with Gasteiger partial charge in [0, 0.05) is 0 Å². The zero-order valence-corrected chi connectivity index (χ0v) is 10.2. The predicted octanol–water partition coefficient (Wildman–Crippen LogP) is 4.51. The SMILES string of the molecule is C=CC(F)(F)C(F)C(F)(F)N1C(F)(F)C(F)(F)C(F)(F)C1(F)F. The van der Waals surface area contributed by atoms with Gasteiger partial charge in [0.2, 0.25) is 6.17 Å². The molecule has 1 rings (SSSR count). The number of hydrogen-bond acceptors (Lipinski definition) is 1. The molecule has 1 atom stereocenters. The van der Waals surface area contributed by atoms with Gasteiger partial charge in [0.15, 0.2) is 0 Å². The number of rotatable bonds is 4. The number of nitrogens with zero attached hydrogens (tertiary/aromatic N) is 1. The van der Waals surface area contributed by atoms with E-state index >= 15 is 0 Å². The molecule has 1 unspecified atom stereocenters. The van der Waals surface area contributed by atoms with Gasteiger partial charge in [0.1, 0.15) is 0 Å². The zero-order valence-electron chi connectivity index (χ0n) is 10.2. The van der Waals surface area contributed by atoms with Crippen LogP contribution in [0.2, 0.25) is 0 Å². The fourth-order valence-corrected chi connectivity index (χ4v) is 1.66. The van der Waals surface area contributed by atoms with Crippen LogP contribution in [0.25, 0.3) is 0 Å². The van der Waals surface area contributed by atoms with Crippen LogP contribution in [0.15, 0.2) is 12.7 Å². The van der Waals surface area contributed by atoms with Crippen molar-refractivity contribution in [2.75, 3.05) is 0 Å². The lowest BCUT2D eigenvalue weighted by atomic mass is 10.1. The normalized spacial score (nSPS) is 27.7. The number of alkyl halides is 13. The molecule has 23 heavy (non-hydrogen) atoms. The molecule has 1 aliphatic rings. The van der Waals surface area contributed by atoms with Crippen molar-refractivity contribution in [3.05, 3.63) is 12.7 Å². The van der Waals surface area contributed by atoms with Gasteiger partial charge in [0.05, 0.1) is 0 Å². The first-order chi connectivity index (χ1) is 9.83. The van der Waals surface area contributed by atoms with E-state index in [1.54, 1.807) is 0 Å². The molecule has 1 nitrogen and oxygen atoms in total. The van der Waals surface area contributed by atoms with Gasteiger partial charge in [-0.15, -0.1) is 4.90 Å². The largest absolute Gasteiger partial charge is 0.394 e. The summed E-state index contributed by atoms with van der Waals surface area (Å²) in [6.07, 6.45) is -6.22. The van der Waals surface area contributed by atoms with Crippen molar-refractivity contribution in [3.63, 3.8) is 0 Å². The lowest BCUT2D eigenvalue weighted by Crippen LogP contribution is -2.64. The van der Waals surface area contributed by atoms with Crippen molar-refractivity contribution < 1.29 is 57.1 Å². The van der Waals surface area contributed by atoms with Crippen molar-refractivity contribution in [2.45, 2.75) is 42.1 Å². The average molecular weight is 373 g/mol. The molecule has 1 fully saturated rings. The summed E-state index contributed by atoms with van der Waals surface area (Å²) in [6.45, 7) is 2.11. The highest BCUT2D eigenvalue weighted by Crippen LogP contribution is 2.66. The summed E-state index contributed by atoms with van der Waals surface area (Å²) in [5, 5.41) is 0. The monoisotopic (exact) mass is 373 g/mol. The first-order valence-electron chi connectivity index (χ1n) is 5.18. The molecule has 0 aliphatic carbocycles. The van der Waals surface area contributed by atoms with Crippen LogP contribution >= 0.6 is 0 Å². The third-order valence-corrected chi connectivity index (χ3v) is 2.92. The highest BCUT2D eigenvalue weighted by Gasteiger charge is 2.96. The molecule has 0 saturated carbocycles. The summed E-state index contributed by atoms with van der Waals surface area (Å²) in [6, 6.07) is -20.9. The van der Waals surface area contributed by atoms with Gasteiger partial charge in [-0.2, -0.15) is 52.7 Å². The molecule has 0 radical (unpaired) electrons. The van der Waals surface area contributed by atoms with Crippen LogP contribution < -0.4 is 0 Å². The van der Waals surface area contributed by atoms with Crippen LogP contribution in [0.5, 0.6) is 0 Å². The van der Waals surface area contributed by atoms with Crippen molar-refractivity contribution in [2.24, 2.45) is 0 Å². The third kappa shape index (κ3) is 2.12. The molecule has 0 bridgehead atoms. The molecular formula is C9H4F13N. The number of hydrogen-bond donors (Lipinski definition) is 0. The van der Waals surface area contributed by atoms with E-state index in [1.165, 1.54) is 0 Å². The van der Waals surface area contributed by atoms with Crippen molar-refractivity contribution in [3.8, 4) is 0 Å². The second kappa shape index (κ2) is 4.66. The van der Waals surface area contributed by atoms with Gasteiger partial charge < -0.3 is 0 Å². The van der Waals surface area contributed by atoms with E-state index in [0.717, 1.165) is 0 Å². The van der Waals surface area contributed by atoms with E-state index < -0.39 is 53.1 Å². The van der Waals surface area contributed by atoms with Gasteiger partial charge in [-0.1, -0.05) is 6.58 Å². The van der Waals surface area contributed by atoms with Gasteiger partial charge in [0.25, 0.3) is 0 Å². The fraction of sp³-hybridized carbons (Fsp3) is 0.778. The van der Waals surface area contributed by atoms with Crippen molar-refractivity contribution >= 4 is 0 Å². The highest BCUT2D eigenvalue weighted by atomic mass is 19.4. The highest BCUT2D eigenvalue weighted by molar-refractivity contribution is 5.15. The lowest BCUT2D eigenvalue weighted by molar-refractivity contribution is -0.385. The molecule has 0 aromatic rings. The third-order valence-electron chi connectivity index (χ3n) is 2.92. The van der Waals surface area contributed by atoms with Gasteiger partial charge in [-0.25, -0.2) is 4.39 Å². The Bertz CT molecular complexity index is 470. The molecule has 0 aromatic heterocycles. The predicted molar refractivity (Wildman–Crippen MR) is 46.6 cm³/mol. The average Bonchev–Trinajstić information content (AvgIpc) is 2.42. The summed E-state index contributed by atoms with van der Waals surface area (Å²) in [5.41, 5.74) is 0. The summed E-state index contributed by atoms with van der Waals surface area (Å²) in [4.78, 5) is -3.53. The molecule has 136 valence electrons. The lowest BCUT2D eigenvalue weighted by Gasteiger charge is -2.37. The second-order valence-corrected chi connectivity index (χ2v) is 4.40. The maximum atomic E-state index is 13.3. The summed E-state index contributed by atoms with van der Waals surface area (Å²) in [7, 11) is 0. The molecule has 0 N–H and O–H groups in total. The van der Waals surface area contributed by atoms with E-state index in [0.29, 0.717) is 0 Å². The Labute approximate surface area is 118 Å². The molecule has 1 saturated heterocycles. The molecular weight excluding hydrogens is 369 g/mol. The maximum absolute atomic E-state index is 13.3. The van der Waals surface area contributed by atoms with Gasteiger partial charge in [-0.3, -0.25) is 0 Å². The molecule has 0 aromatic carbocycles. The number of likely N-dealkylation sites (tertiary alicyclic amines) is 1. The number of halogens is 13. The topological polar surface area (TPSA) is 3.24 Å². The molecule has 0 spiro atoms. The summed E-state index contributed by atoms with van der Waals surface area (Å²) < 4.78 is 168. The Morgan fingerprint density at radius 3 is 1.35 bits per heavy atom. The Hall–Kier alpha value is -1.21. The molecule has 1 aliphatic heterocycles. The van der Waals surface area contributed by atoms with Gasteiger partial charge in [-0.05, 0) is 6.08 Å². The van der Waals surface area contributed by atoms with Crippen LogP contribution in [-0.4, -0.2) is 47.0 Å². The molecule has 1 heterocycles. The van der Waals surface area contributed by atoms with Crippen molar-refractivity contribution in [1.29, 1.82) is 0 Å². The first-order valence-corrected chi connectivity index (χ1v) is 5.18. The fourth-order valence-electron chi connectivity index (χ4n) is 1.66. The van der Waals surface area contributed by atoms with Crippen LogP contribution in [-0.2, 0) is 0 Å². The minimum atomic E-state index is -7.10. The van der Waals surface area contributed by atoms with Crippen LogP contribution in [0.4, 0.5) is 57.1 Å². The van der Waals surface area contributed by atoms with E-state index in [2.05, 4.69) is 6.58 Å². The van der Waals surface area contributed by atoms with Crippen LogP contribution in [0.3, 0.4) is 0 Å². The van der Waals surface area contributed by atoms with Crippen molar-refractivity contribution in [1.82, 2.24) is 4.90 Å². The summed E-state index contributed by atoms with van der Waals surface area (Å²) >= 11 is 0. The smallest absolute Gasteiger partial charge is 0.232 e. The van der Waals surface area contributed by atoms with Gasteiger partial charge >= 0.3 is 35.9 Å². The first kappa shape index (κ1) is 19.8. The minimum absolute atomic E-state index is 0.922. The Balaban J connectivity index is 3.60. The molecule has 0 amide bonds. The minimum Gasteiger partial charge on any atom is -0.232 e. The maximum Gasteiger partial charge on any atom is 0.394 e. The Morgan fingerprint density at radius 2 is 1.09 bits per heavy atom. The van der Waals surface area contributed by atoms with E-state index in [-0.39, 0.29) is 0 Å². The molecule has 14 heteroatoms. The van der Waals surface area contributed by atoms with Crippen LogP contribution in [0, 0.1) is 0 Å². The standard InChI is InChI=1S/C9H4F13N/c1-2-4(11,12)3(10)5(13,14)23-8(19,20)6(15,16)7(17,18)9(23,21)22/h2-3H,1H2. The Morgan fingerprint density at radius 1 is 0.783 bits per heavy atom. The number of allylic oxidation sites excluding steroid dienone is 1. The second-order valence-electron chi connectivity index (χ2n) is 4.40. The van der Waals surface area contributed by atoms with Crippen LogP contribution in [0.1, 0.15) is 0 Å². The van der Waals surface area contributed by atoms with E-state index in [9.17, 15) is 57.1 Å². The van der Waals surface area contributed by atoms with E-state index in [4.69, 9.17) is 0 Å². The van der Waals surface area contributed by atoms with E-state index in [1.807, 2.05) is 0 Å². The quantitative estimate of drug-likeness (QED) is 0.398. The zero-order chi connectivity index (χ0) is 18.9.